The van der Waals surface area contributed by atoms with Crippen molar-refractivity contribution in [1.29, 1.82) is 0 Å². The third-order valence-corrected chi connectivity index (χ3v) is 5.51. The number of halogens is 3. The van der Waals surface area contributed by atoms with Gasteiger partial charge >= 0.3 is 6.08 Å². The maximum Gasteiger partial charge on any atom is 0.301 e. The van der Waals surface area contributed by atoms with E-state index in [4.69, 9.17) is 0 Å². The molecule has 19 heavy (non-hydrogen) atoms. The van der Waals surface area contributed by atoms with Gasteiger partial charge in [-0.1, -0.05) is 71.0 Å². The van der Waals surface area contributed by atoms with Crippen LogP contribution in [0.5, 0.6) is 0 Å². The molecule has 0 atom stereocenters. The van der Waals surface area contributed by atoms with E-state index in [2.05, 4.69) is 0 Å². The minimum atomic E-state index is -2.21. The molecule has 0 aliphatic rings. The summed E-state index contributed by atoms with van der Waals surface area (Å²) in [5.41, 5.74) is 0. The molecule has 1 radical (unpaired) electrons. The van der Waals surface area contributed by atoms with Gasteiger partial charge in [0.15, 0.2) is 5.83 Å². The van der Waals surface area contributed by atoms with Crippen LogP contribution in [-0.4, -0.2) is 8.80 Å². The average molecular weight is 277 g/mol. The molecule has 0 spiro atoms. The molecule has 4 heteroatoms. The summed E-state index contributed by atoms with van der Waals surface area (Å²) in [7, 11) is -1.56. The highest BCUT2D eigenvalue weighted by Gasteiger charge is 2.20. The van der Waals surface area contributed by atoms with E-state index in [0.29, 0.717) is 0 Å². The number of rotatable bonds is 4. The Balaban J connectivity index is 2.38. The molecule has 0 nitrogen and oxygen atoms in total. The molecule has 0 N–H and O–H groups in total. The third kappa shape index (κ3) is 3.58. The van der Waals surface area contributed by atoms with Gasteiger partial charge in [-0.15, -0.1) is 0 Å². The fraction of sp³-hybridized carbons (Fsp3) is 0.0667. The predicted octanol–water partition coefficient (Wildman–Crippen LogP) is 3.37. The summed E-state index contributed by atoms with van der Waals surface area (Å²) < 4.78 is 38.0. The number of allylic oxidation sites excluding steroid dienone is 1. The lowest BCUT2D eigenvalue weighted by Gasteiger charge is -2.14. The Hall–Kier alpha value is -1.81. The van der Waals surface area contributed by atoms with Crippen molar-refractivity contribution in [3.63, 3.8) is 0 Å². The zero-order chi connectivity index (χ0) is 13.7. The molecule has 0 amide bonds. The van der Waals surface area contributed by atoms with Crippen LogP contribution >= 0.6 is 0 Å². The third-order valence-electron chi connectivity index (χ3n) is 2.78. The van der Waals surface area contributed by atoms with Gasteiger partial charge in [0.25, 0.3) is 0 Å². The van der Waals surface area contributed by atoms with E-state index in [1.54, 1.807) is 0 Å². The first-order valence-electron chi connectivity index (χ1n) is 5.85. The molecule has 0 aromatic heterocycles. The first-order valence-corrected chi connectivity index (χ1v) is 7.55. The van der Waals surface area contributed by atoms with Gasteiger partial charge in [-0.2, -0.15) is 8.78 Å². The summed E-state index contributed by atoms with van der Waals surface area (Å²) in [5.74, 6) is -1.30. The molecular formula is C15H12F3Si. The average Bonchev–Trinajstić information content (AvgIpc) is 2.46. The first-order chi connectivity index (χ1) is 9.18. The summed E-state index contributed by atoms with van der Waals surface area (Å²) in [6.07, 6.45) is -2.21. The van der Waals surface area contributed by atoms with E-state index in [9.17, 15) is 13.2 Å². The van der Waals surface area contributed by atoms with Gasteiger partial charge in [0.05, 0.1) is 0 Å². The van der Waals surface area contributed by atoms with Gasteiger partial charge in [0.2, 0.25) is 0 Å². The topological polar surface area (TPSA) is 0 Å². The van der Waals surface area contributed by atoms with Crippen LogP contribution in [0.4, 0.5) is 13.2 Å². The van der Waals surface area contributed by atoms with E-state index in [-0.39, 0.29) is 6.04 Å². The van der Waals surface area contributed by atoms with Crippen LogP contribution in [0.15, 0.2) is 72.6 Å². The minimum absolute atomic E-state index is 0.221. The molecule has 2 aromatic rings. The van der Waals surface area contributed by atoms with Gasteiger partial charge in [0, 0.05) is 6.04 Å². The second-order valence-electron chi connectivity index (χ2n) is 4.05. The van der Waals surface area contributed by atoms with Crippen LogP contribution in [0.1, 0.15) is 0 Å². The summed E-state index contributed by atoms with van der Waals surface area (Å²) in [5, 5.41) is 1.85. The van der Waals surface area contributed by atoms with Gasteiger partial charge in [-0.25, -0.2) is 4.39 Å². The van der Waals surface area contributed by atoms with Crippen molar-refractivity contribution in [1.82, 2.24) is 0 Å². The highest BCUT2D eigenvalue weighted by atomic mass is 28.3. The van der Waals surface area contributed by atoms with E-state index < -0.39 is 20.7 Å². The van der Waals surface area contributed by atoms with Crippen LogP contribution < -0.4 is 10.4 Å². The van der Waals surface area contributed by atoms with E-state index in [1.807, 2.05) is 60.7 Å². The molecule has 2 rings (SSSR count). The van der Waals surface area contributed by atoms with Crippen LogP contribution in [0.3, 0.4) is 0 Å². The zero-order valence-electron chi connectivity index (χ0n) is 10.1. The quantitative estimate of drug-likeness (QED) is 0.752. The Morgan fingerprint density at radius 1 is 0.737 bits per heavy atom. The van der Waals surface area contributed by atoms with E-state index >= 15 is 0 Å². The highest BCUT2D eigenvalue weighted by molar-refractivity contribution is 6.85. The van der Waals surface area contributed by atoms with Crippen molar-refractivity contribution in [2.75, 3.05) is 0 Å². The smallest absolute Gasteiger partial charge is 0.206 e. The Bertz CT molecular complexity index is 509. The molecule has 0 heterocycles. The maximum absolute atomic E-state index is 13.3. The largest absolute Gasteiger partial charge is 0.301 e. The molecule has 0 unspecified atom stereocenters. The monoisotopic (exact) mass is 277 g/mol. The molecule has 0 aliphatic carbocycles. The second-order valence-corrected chi connectivity index (χ2v) is 6.52. The van der Waals surface area contributed by atoms with Crippen LogP contribution in [-0.2, 0) is 0 Å². The maximum atomic E-state index is 13.3. The lowest BCUT2D eigenvalue weighted by molar-refractivity contribution is 0.380. The van der Waals surface area contributed by atoms with Gasteiger partial charge in [-0.05, 0) is 0 Å². The highest BCUT2D eigenvalue weighted by Crippen LogP contribution is 2.16. The number of hydrogen-bond acceptors (Lipinski definition) is 0. The molecule has 0 fully saturated rings. The molecule has 0 saturated heterocycles. The SMILES string of the molecule is FC(F)=C(F)C[Si](c1ccccc1)c1ccccc1. The second kappa shape index (κ2) is 6.38. The molecule has 0 bridgehead atoms. The molecule has 2 aromatic carbocycles. The Morgan fingerprint density at radius 2 is 1.16 bits per heavy atom. The van der Waals surface area contributed by atoms with Crippen LogP contribution in [0.25, 0.3) is 0 Å². The minimum Gasteiger partial charge on any atom is -0.206 e. The first kappa shape index (κ1) is 13.6. The molecule has 97 valence electrons. The van der Waals surface area contributed by atoms with Crippen LogP contribution in [0, 0.1) is 0 Å². The van der Waals surface area contributed by atoms with Gasteiger partial charge in [-0.3, -0.25) is 0 Å². The summed E-state index contributed by atoms with van der Waals surface area (Å²) in [6.45, 7) is 0. The summed E-state index contributed by atoms with van der Waals surface area (Å²) in [6, 6.07) is 18.3. The lowest BCUT2D eigenvalue weighted by atomic mass is 10.4. The van der Waals surface area contributed by atoms with E-state index in [1.165, 1.54) is 0 Å². The predicted molar refractivity (Wildman–Crippen MR) is 73.1 cm³/mol. The molecular weight excluding hydrogens is 265 g/mol. The number of benzene rings is 2. The van der Waals surface area contributed by atoms with Crippen molar-refractivity contribution in [3.05, 3.63) is 72.6 Å². The fourth-order valence-corrected chi connectivity index (χ4v) is 4.25. The Kier molecular flexibility index (Phi) is 4.57. The molecule has 0 aliphatic heterocycles. The zero-order valence-corrected chi connectivity index (χ0v) is 11.1. The van der Waals surface area contributed by atoms with E-state index in [0.717, 1.165) is 10.4 Å². The summed E-state index contributed by atoms with van der Waals surface area (Å²) >= 11 is 0. The Morgan fingerprint density at radius 3 is 1.53 bits per heavy atom. The standard InChI is InChI=1S/C15H12F3Si/c16-14(15(17)18)11-19(12-7-3-1-4-8-12)13-9-5-2-6-10-13/h1-10H,11H2. The van der Waals surface area contributed by atoms with Gasteiger partial charge in [0.1, 0.15) is 8.80 Å². The van der Waals surface area contributed by atoms with Crippen LogP contribution in [0.2, 0.25) is 6.04 Å². The lowest BCUT2D eigenvalue weighted by Crippen LogP contribution is -2.41. The number of hydrogen-bond donors (Lipinski definition) is 0. The van der Waals surface area contributed by atoms with Crippen molar-refractivity contribution >= 4 is 19.2 Å². The van der Waals surface area contributed by atoms with Crippen molar-refractivity contribution < 1.29 is 13.2 Å². The molecule has 0 saturated carbocycles. The Labute approximate surface area is 111 Å². The van der Waals surface area contributed by atoms with Gasteiger partial charge < -0.3 is 0 Å². The van der Waals surface area contributed by atoms with Crippen molar-refractivity contribution in [2.24, 2.45) is 0 Å². The van der Waals surface area contributed by atoms with Crippen molar-refractivity contribution in [3.8, 4) is 0 Å². The van der Waals surface area contributed by atoms with Crippen molar-refractivity contribution in [2.45, 2.75) is 6.04 Å². The normalized spacial score (nSPS) is 10.5. The fourth-order valence-electron chi connectivity index (χ4n) is 1.87. The summed E-state index contributed by atoms with van der Waals surface area (Å²) in [4.78, 5) is 0.